The van der Waals surface area contributed by atoms with Gasteiger partial charge in [0.2, 0.25) is 10.0 Å². The van der Waals surface area contributed by atoms with Gasteiger partial charge in [-0.2, -0.15) is 0 Å². The molecule has 0 saturated carbocycles. The minimum atomic E-state index is -3.59. The van der Waals surface area contributed by atoms with Crippen molar-refractivity contribution in [2.45, 2.75) is 11.8 Å². The second-order valence-electron chi connectivity index (χ2n) is 4.65. The zero-order chi connectivity index (χ0) is 16.9. The lowest BCUT2D eigenvalue weighted by Gasteiger charge is -2.08. The molecule has 2 aromatic rings. The van der Waals surface area contributed by atoms with E-state index in [-0.39, 0.29) is 16.4 Å². The van der Waals surface area contributed by atoms with Crippen molar-refractivity contribution in [2.75, 3.05) is 19.0 Å². The van der Waals surface area contributed by atoms with Crippen LogP contribution in [0.4, 0.5) is 5.69 Å². The van der Waals surface area contributed by atoms with Crippen molar-refractivity contribution in [2.24, 2.45) is 0 Å². The van der Waals surface area contributed by atoms with E-state index in [1.807, 2.05) is 6.92 Å². The van der Waals surface area contributed by atoms with Crippen molar-refractivity contribution in [1.29, 1.82) is 0 Å². The predicted molar refractivity (Wildman–Crippen MR) is 88.3 cm³/mol. The van der Waals surface area contributed by atoms with E-state index >= 15 is 0 Å². The van der Waals surface area contributed by atoms with Crippen LogP contribution < -0.4 is 14.8 Å². The van der Waals surface area contributed by atoms with Gasteiger partial charge < -0.3 is 10.1 Å². The molecule has 2 aromatic carbocycles. The second-order valence-corrected chi connectivity index (χ2v) is 6.53. The van der Waals surface area contributed by atoms with E-state index in [2.05, 4.69) is 10.0 Å². The molecule has 0 aromatic heterocycles. The number of amides is 1. The van der Waals surface area contributed by atoms with Crippen molar-refractivity contribution < 1.29 is 17.9 Å². The molecule has 0 aliphatic heterocycles. The Hall–Kier alpha value is -2.38. The van der Waals surface area contributed by atoms with Gasteiger partial charge in [0.1, 0.15) is 5.75 Å². The minimum Gasteiger partial charge on any atom is -0.494 e. The summed E-state index contributed by atoms with van der Waals surface area (Å²) in [6.45, 7) is 2.46. The van der Waals surface area contributed by atoms with Gasteiger partial charge in [-0.05, 0) is 56.4 Å². The standard InChI is InChI=1S/C16H18N2O4S/c1-3-22-14-9-7-13(8-10-14)18-16(19)12-5-4-6-15(11-12)23(20,21)17-2/h4-11,17H,3H2,1-2H3,(H,18,19). The summed E-state index contributed by atoms with van der Waals surface area (Å²) in [5.41, 5.74) is 0.857. The Balaban J connectivity index is 2.16. The normalized spacial score (nSPS) is 11.0. The average molecular weight is 334 g/mol. The first-order chi connectivity index (χ1) is 11.0. The third-order valence-electron chi connectivity index (χ3n) is 3.10. The third-order valence-corrected chi connectivity index (χ3v) is 4.51. The molecule has 0 aliphatic rings. The van der Waals surface area contributed by atoms with E-state index in [0.717, 1.165) is 0 Å². The summed E-state index contributed by atoms with van der Waals surface area (Å²) in [6, 6.07) is 12.8. The highest BCUT2D eigenvalue weighted by molar-refractivity contribution is 7.89. The van der Waals surface area contributed by atoms with E-state index in [1.54, 1.807) is 30.3 Å². The van der Waals surface area contributed by atoms with E-state index in [4.69, 9.17) is 4.74 Å². The highest BCUT2D eigenvalue weighted by Crippen LogP contribution is 2.17. The maximum absolute atomic E-state index is 12.2. The first kappa shape index (κ1) is 17.0. The number of anilines is 1. The zero-order valence-corrected chi connectivity index (χ0v) is 13.7. The first-order valence-electron chi connectivity index (χ1n) is 7.04. The van der Waals surface area contributed by atoms with Crippen molar-refractivity contribution in [3.8, 4) is 5.75 Å². The molecular formula is C16H18N2O4S. The Labute approximate surface area is 135 Å². The molecule has 0 radical (unpaired) electrons. The molecule has 122 valence electrons. The van der Waals surface area contributed by atoms with Crippen molar-refractivity contribution in [3.63, 3.8) is 0 Å². The summed E-state index contributed by atoms with van der Waals surface area (Å²) in [6.07, 6.45) is 0. The Bertz CT molecular complexity index is 786. The van der Waals surface area contributed by atoms with Crippen molar-refractivity contribution in [1.82, 2.24) is 4.72 Å². The molecule has 2 N–H and O–H groups in total. The van der Waals surface area contributed by atoms with Crippen LogP contribution in [0, 0.1) is 0 Å². The van der Waals surface area contributed by atoms with Crippen LogP contribution in [0.5, 0.6) is 5.75 Å². The van der Waals surface area contributed by atoms with Gasteiger partial charge in [0.05, 0.1) is 11.5 Å². The van der Waals surface area contributed by atoms with E-state index in [1.165, 1.54) is 25.2 Å². The minimum absolute atomic E-state index is 0.0411. The van der Waals surface area contributed by atoms with Crippen LogP contribution in [0.2, 0.25) is 0 Å². The van der Waals surface area contributed by atoms with E-state index in [9.17, 15) is 13.2 Å². The number of carbonyl (C=O) groups is 1. The number of rotatable bonds is 6. The van der Waals surface area contributed by atoms with E-state index in [0.29, 0.717) is 18.0 Å². The van der Waals surface area contributed by atoms with E-state index < -0.39 is 10.0 Å². The summed E-state index contributed by atoms with van der Waals surface area (Å²) in [4.78, 5) is 12.3. The quantitative estimate of drug-likeness (QED) is 0.848. The number of carbonyl (C=O) groups excluding carboxylic acids is 1. The number of sulfonamides is 1. The summed E-state index contributed by atoms with van der Waals surface area (Å²) < 4.78 is 31.1. The molecule has 1 amide bonds. The van der Waals surface area contributed by atoms with Crippen LogP contribution in [0.1, 0.15) is 17.3 Å². The lowest BCUT2D eigenvalue weighted by molar-refractivity contribution is 0.102. The van der Waals surface area contributed by atoms with Crippen LogP contribution in [0.15, 0.2) is 53.4 Å². The second kappa shape index (κ2) is 7.26. The largest absolute Gasteiger partial charge is 0.494 e. The molecule has 0 heterocycles. The number of nitrogens with one attached hydrogen (secondary N) is 2. The van der Waals surface area contributed by atoms with Gasteiger partial charge in [-0.15, -0.1) is 0 Å². The van der Waals surface area contributed by atoms with Gasteiger partial charge in [-0.25, -0.2) is 13.1 Å². The zero-order valence-electron chi connectivity index (χ0n) is 12.9. The smallest absolute Gasteiger partial charge is 0.255 e. The average Bonchev–Trinajstić information content (AvgIpc) is 2.57. The molecule has 2 rings (SSSR count). The molecule has 0 fully saturated rings. The summed E-state index contributed by atoms with van der Waals surface area (Å²) in [5.74, 6) is 0.329. The molecular weight excluding hydrogens is 316 g/mol. The predicted octanol–water partition coefficient (Wildman–Crippen LogP) is 2.25. The molecule has 7 heteroatoms. The Morgan fingerprint density at radius 3 is 2.43 bits per heavy atom. The molecule has 0 atom stereocenters. The van der Waals surface area contributed by atoms with Crippen LogP contribution in [0.3, 0.4) is 0 Å². The van der Waals surface area contributed by atoms with Gasteiger partial charge in [-0.1, -0.05) is 6.07 Å². The maximum Gasteiger partial charge on any atom is 0.255 e. The van der Waals surface area contributed by atoms with Crippen LogP contribution >= 0.6 is 0 Å². The fourth-order valence-electron chi connectivity index (χ4n) is 1.93. The van der Waals surface area contributed by atoms with Gasteiger partial charge in [0.25, 0.3) is 5.91 Å². The van der Waals surface area contributed by atoms with Gasteiger partial charge in [0.15, 0.2) is 0 Å². The fourth-order valence-corrected chi connectivity index (χ4v) is 2.70. The molecule has 23 heavy (non-hydrogen) atoms. The SMILES string of the molecule is CCOc1ccc(NC(=O)c2cccc(S(=O)(=O)NC)c2)cc1. The molecule has 0 spiro atoms. The number of ether oxygens (including phenoxy) is 1. The molecule has 0 bridgehead atoms. The Morgan fingerprint density at radius 2 is 1.83 bits per heavy atom. The third kappa shape index (κ3) is 4.30. The highest BCUT2D eigenvalue weighted by Gasteiger charge is 2.14. The summed E-state index contributed by atoms with van der Waals surface area (Å²) in [5, 5.41) is 2.71. The Morgan fingerprint density at radius 1 is 1.13 bits per heavy atom. The van der Waals surface area contributed by atoms with Crippen LogP contribution in [0.25, 0.3) is 0 Å². The van der Waals surface area contributed by atoms with Crippen LogP contribution in [-0.2, 0) is 10.0 Å². The van der Waals surface area contributed by atoms with Gasteiger partial charge in [0, 0.05) is 11.3 Å². The monoisotopic (exact) mass is 334 g/mol. The lowest BCUT2D eigenvalue weighted by Crippen LogP contribution is -2.19. The first-order valence-corrected chi connectivity index (χ1v) is 8.52. The topological polar surface area (TPSA) is 84.5 Å². The van der Waals surface area contributed by atoms with Gasteiger partial charge in [-0.3, -0.25) is 4.79 Å². The lowest BCUT2D eigenvalue weighted by atomic mass is 10.2. The fraction of sp³-hybridized carbons (Fsp3) is 0.188. The molecule has 6 nitrogen and oxygen atoms in total. The molecule has 0 aliphatic carbocycles. The molecule has 0 saturated heterocycles. The van der Waals surface area contributed by atoms with Gasteiger partial charge >= 0.3 is 0 Å². The highest BCUT2D eigenvalue weighted by atomic mass is 32.2. The molecule has 0 unspecified atom stereocenters. The summed E-state index contributed by atoms with van der Waals surface area (Å²) >= 11 is 0. The Kier molecular flexibility index (Phi) is 5.36. The number of benzene rings is 2. The number of hydrogen-bond donors (Lipinski definition) is 2. The number of hydrogen-bond acceptors (Lipinski definition) is 4. The maximum atomic E-state index is 12.2. The van der Waals surface area contributed by atoms with Crippen molar-refractivity contribution in [3.05, 3.63) is 54.1 Å². The summed E-state index contributed by atoms with van der Waals surface area (Å²) in [7, 11) is -2.26. The van der Waals surface area contributed by atoms with Crippen LogP contribution in [-0.4, -0.2) is 28.0 Å². The van der Waals surface area contributed by atoms with Crippen molar-refractivity contribution >= 4 is 21.6 Å².